The van der Waals surface area contributed by atoms with E-state index >= 15 is 0 Å². The van der Waals surface area contributed by atoms with Crippen molar-refractivity contribution in [3.63, 3.8) is 0 Å². The van der Waals surface area contributed by atoms with Crippen molar-refractivity contribution in [3.8, 4) is 11.3 Å². The molecule has 0 spiro atoms. The van der Waals surface area contributed by atoms with Crippen LogP contribution in [0.1, 0.15) is 30.5 Å². The summed E-state index contributed by atoms with van der Waals surface area (Å²) in [5, 5.41) is 4.82. The van der Waals surface area contributed by atoms with Gasteiger partial charge in [0.05, 0.1) is 13.6 Å². The molecule has 2 heterocycles. The number of pyridine rings is 1. The third kappa shape index (κ3) is 3.98. The summed E-state index contributed by atoms with van der Waals surface area (Å²) in [5.41, 5.74) is 8.73. The van der Waals surface area contributed by atoms with Gasteiger partial charge in [-0.15, -0.1) is 0 Å². The van der Waals surface area contributed by atoms with Crippen molar-refractivity contribution >= 4 is 46.1 Å². The maximum Gasteiger partial charge on any atom is 0.216 e. The molecule has 5 aromatic rings. The fraction of sp³-hybridized carbons (Fsp3) is 0.323. The fourth-order valence-corrected chi connectivity index (χ4v) is 6.99. The minimum absolute atomic E-state index is 0.277. The third-order valence-electron chi connectivity index (χ3n) is 7.31. The second kappa shape index (κ2) is 8.30. The van der Waals surface area contributed by atoms with Crippen LogP contribution in [-0.4, -0.2) is 8.07 Å². The maximum atomic E-state index is 14.0. The van der Waals surface area contributed by atoms with Gasteiger partial charge in [-0.2, -0.15) is 4.57 Å². The van der Waals surface area contributed by atoms with Crippen molar-refractivity contribution in [3.05, 3.63) is 71.0 Å². The first-order chi connectivity index (χ1) is 16.5. The van der Waals surface area contributed by atoms with Crippen molar-refractivity contribution in [2.24, 2.45) is 13.0 Å². The maximum absolute atomic E-state index is 14.0. The van der Waals surface area contributed by atoms with Crippen molar-refractivity contribution in [1.82, 2.24) is 0 Å². The van der Waals surface area contributed by atoms with Crippen LogP contribution in [0, 0.1) is 25.6 Å². The van der Waals surface area contributed by atoms with Crippen molar-refractivity contribution < 1.29 is 13.4 Å². The van der Waals surface area contributed by atoms with Crippen LogP contribution < -0.4 is 9.75 Å². The van der Waals surface area contributed by atoms with Crippen LogP contribution in [0.15, 0.2) is 52.9 Å². The van der Waals surface area contributed by atoms with Crippen LogP contribution in [0.25, 0.3) is 44.1 Å². The van der Waals surface area contributed by atoms with Crippen LogP contribution in [-0.2, 0) is 13.5 Å². The molecule has 0 N–H and O–H groups in total. The Morgan fingerprint density at radius 2 is 1.66 bits per heavy atom. The van der Waals surface area contributed by atoms with E-state index in [1.807, 2.05) is 6.07 Å². The van der Waals surface area contributed by atoms with Gasteiger partial charge in [-0.25, -0.2) is 4.39 Å². The van der Waals surface area contributed by atoms with Gasteiger partial charge in [-0.3, -0.25) is 0 Å². The molecule has 180 valence electrons. The highest BCUT2D eigenvalue weighted by Crippen LogP contribution is 2.39. The molecule has 2 nitrogen and oxygen atoms in total. The molecule has 0 fully saturated rings. The van der Waals surface area contributed by atoms with Gasteiger partial charge >= 0.3 is 0 Å². The Morgan fingerprint density at radius 1 is 0.914 bits per heavy atom. The highest BCUT2D eigenvalue weighted by atomic mass is 28.3. The average Bonchev–Trinajstić information content (AvgIpc) is 3.11. The lowest BCUT2D eigenvalue weighted by Gasteiger charge is -2.21. The summed E-state index contributed by atoms with van der Waals surface area (Å²) in [6.07, 6.45) is 1.08. The number of rotatable bonds is 4. The topological polar surface area (TPSA) is 17.0 Å². The van der Waals surface area contributed by atoms with Gasteiger partial charge in [0.2, 0.25) is 11.2 Å². The third-order valence-corrected chi connectivity index (χ3v) is 9.34. The lowest BCUT2D eigenvalue weighted by Crippen LogP contribution is -2.43. The van der Waals surface area contributed by atoms with Gasteiger partial charge < -0.3 is 4.42 Å². The zero-order valence-electron chi connectivity index (χ0n) is 22.1. The summed E-state index contributed by atoms with van der Waals surface area (Å²) in [5.74, 6) is 0.345. The number of furan rings is 1. The lowest BCUT2D eigenvalue weighted by atomic mass is 9.95. The molecule has 35 heavy (non-hydrogen) atoms. The molecule has 2 aromatic heterocycles. The van der Waals surface area contributed by atoms with Gasteiger partial charge in [0.25, 0.3) is 0 Å². The smallest absolute Gasteiger partial charge is 0.216 e. The minimum Gasteiger partial charge on any atom is -0.455 e. The predicted octanol–water partition coefficient (Wildman–Crippen LogP) is 7.73. The summed E-state index contributed by atoms with van der Waals surface area (Å²) >= 11 is 0. The van der Waals surface area contributed by atoms with Crippen molar-refractivity contribution in [1.29, 1.82) is 0 Å². The summed E-state index contributed by atoms with van der Waals surface area (Å²) in [4.78, 5) is 0. The molecule has 0 saturated heterocycles. The molecule has 3 aromatic carbocycles. The van der Waals surface area contributed by atoms with E-state index < -0.39 is 8.07 Å². The second-order valence-electron chi connectivity index (χ2n) is 11.5. The van der Waals surface area contributed by atoms with Crippen LogP contribution in [0.3, 0.4) is 0 Å². The Balaban J connectivity index is 1.90. The largest absolute Gasteiger partial charge is 0.455 e. The van der Waals surface area contributed by atoms with E-state index in [-0.39, 0.29) is 5.82 Å². The Labute approximate surface area is 208 Å². The van der Waals surface area contributed by atoms with Crippen molar-refractivity contribution in [2.75, 3.05) is 0 Å². The highest BCUT2D eigenvalue weighted by Gasteiger charge is 2.29. The van der Waals surface area contributed by atoms with Crippen LogP contribution >= 0.6 is 0 Å². The molecule has 0 bridgehead atoms. The van der Waals surface area contributed by atoms with E-state index in [0.29, 0.717) is 11.5 Å². The van der Waals surface area contributed by atoms with E-state index in [1.54, 1.807) is 0 Å². The van der Waals surface area contributed by atoms with Crippen LogP contribution in [0.5, 0.6) is 0 Å². The van der Waals surface area contributed by atoms with Gasteiger partial charge in [-0.1, -0.05) is 39.6 Å². The van der Waals surface area contributed by atoms with Crippen molar-refractivity contribution in [2.45, 2.75) is 53.8 Å². The van der Waals surface area contributed by atoms with E-state index in [2.05, 4.69) is 89.3 Å². The monoisotopic (exact) mass is 484 g/mol. The van der Waals surface area contributed by atoms with E-state index in [0.717, 1.165) is 34.0 Å². The van der Waals surface area contributed by atoms with Crippen LogP contribution in [0.2, 0.25) is 19.6 Å². The van der Waals surface area contributed by atoms with Gasteiger partial charge in [0, 0.05) is 34.4 Å². The van der Waals surface area contributed by atoms with E-state index in [1.165, 1.54) is 44.9 Å². The van der Waals surface area contributed by atoms with Gasteiger partial charge in [0.1, 0.15) is 24.0 Å². The molecular formula is C31H35FNOSi+. The molecule has 0 aliphatic rings. The van der Waals surface area contributed by atoms with E-state index in [9.17, 15) is 4.39 Å². The standard InChI is InChI=1S/C31H35FNOSi/c1-18(2)13-21-9-12-26-25(15-21)29(35(6,7)8)17-27(33(26)5)30-20(4)19(3)14-24-23-11-10-22(32)16-28(23)34-31(24)30/h9-12,14-18H,13H2,1-8H3/q+1. The second-order valence-corrected chi connectivity index (χ2v) is 16.6. The zero-order valence-corrected chi connectivity index (χ0v) is 23.1. The molecule has 5 rings (SSSR count). The number of aryl methyl sites for hydroxylation is 2. The number of fused-ring (bicyclic) bond motifs is 4. The summed E-state index contributed by atoms with van der Waals surface area (Å²) < 4.78 is 22.7. The number of hydrogen-bond donors (Lipinski definition) is 0. The first kappa shape index (κ1) is 23.7. The molecule has 4 heteroatoms. The number of hydrogen-bond acceptors (Lipinski definition) is 1. The SMILES string of the molecule is Cc1cc2c(oc3cc(F)ccc32)c(-c2cc([Si](C)(C)C)c3cc(CC(C)C)ccc3[n+]2C)c1C. The number of aromatic nitrogens is 1. The zero-order chi connectivity index (χ0) is 25.2. The number of nitrogens with zero attached hydrogens (tertiary/aromatic N) is 1. The van der Waals surface area contributed by atoms with Gasteiger partial charge in [0.15, 0.2) is 0 Å². The molecule has 0 amide bonds. The molecule has 0 aliphatic carbocycles. The predicted molar refractivity (Wildman–Crippen MR) is 149 cm³/mol. The first-order valence-corrected chi connectivity index (χ1v) is 16.0. The quantitative estimate of drug-likeness (QED) is 0.188. The summed E-state index contributed by atoms with van der Waals surface area (Å²) in [7, 11) is 0.477. The number of benzene rings is 3. The normalized spacial score (nSPS) is 12.5. The summed E-state index contributed by atoms with van der Waals surface area (Å²) in [6.45, 7) is 16.1. The molecule has 0 radical (unpaired) electrons. The molecule has 0 aliphatic heterocycles. The highest BCUT2D eigenvalue weighted by molar-refractivity contribution is 6.90. The van der Waals surface area contributed by atoms with E-state index in [4.69, 9.17) is 4.42 Å². The minimum atomic E-state index is -1.68. The Kier molecular flexibility index (Phi) is 5.63. The lowest BCUT2D eigenvalue weighted by molar-refractivity contribution is -0.633. The Morgan fingerprint density at radius 3 is 2.34 bits per heavy atom. The molecule has 0 saturated carbocycles. The first-order valence-electron chi connectivity index (χ1n) is 12.5. The Bertz CT molecular complexity index is 1620. The average molecular weight is 485 g/mol. The molecule has 0 unspecified atom stereocenters. The molecular weight excluding hydrogens is 449 g/mol. The van der Waals surface area contributed by atoms with Crippen LogP contribution in [0.4, 0.5) is 4.39 Å². The summed E-state index contributed by atoms with van der Waals surface area (Å²) in [6, 6.07) is 16.4. The molecule has 0 atom stereocenters. The Hall–Kier alpha value is -2.98. The van der Waals surface area contributed by atoms with Gasteiger partial charge in [-0.05, 0) is 72.3 Å². The number of halogens is 1. The fourth-order valence-electron chi connectivity index (χ4n) is 5.41.